The number of rotatable bonds is 5. The SMILES string of the molecule is CC(C)C(CN)NS(=O)(=O)c1cncc(Br)c1. The molecule has 0 spiro atoms. The normalized spacial score (nSPS) is 13.9. The van der Waals surface area contributed by atoms with Crippen LogP contribution in [0.25, 0.3) is 0 Å². The van der Waals surface area contributed by atoms with E-state index >= 15 is 0 Å². The Kier molecular flexibility index (Phi) is 5.05. The quantitative estimate of drug-likeness (QED) is 0.850. The zero-order valence-electron chi connectivity index (χ0n) is 9.72. The molecule has 0 radical (unpaired) electrons. The van der Waals surface area contributed by atoms with Crippen LogP contribution in [-0.2, 0) is 10.0 Å². The zero-order chi connectivity index (χ0) is 13.1. The van der Waals surface area contributed by atoms with Crippen LogP contribution in [-0.4, -0.2) is 26.0 Å². The van der Waals surface area contributed by atoms with Crippen LogP contribution < -0.4 is 10.5 Å². The molecule has 0 aliphatic heterocycles. The van der Waals surface area contributed by atoms with E-state index in [-0.39, 0.29) is 23.4 Å². The third-order valence-corrected chi connectivity index (χ3v) is 4.25. The number of hydrogen-bond donors (Lipinski definition) is 2. The minimum Gasteiger partial charge on any atom is -0.329 e. The standard InChI is InChI=1S/C10H16BrN3O2S/c1-7(2)10(4-12)14-17(15,16)9-3-8(11)5-13-6-9/h3,5-7,10,14H,4,12H2,1-2H3. The van der Waals surface area contributed by atoms with Crippen molar-refractivity contribution in [2.24, 2.45) is 11.7 Å². The first-order chi connectivity index (χ1) is 7.86. The van der Waals surface area contributed by atoms with Crippen LogP contribution >= 0.6 is 15.9 Å². The van der Waals surface area contributed by atoms with Gasteiger partial charge in [0.15, 0.2) is 0 Å². The fourth-order valence-corrected chi connectivity index (χ4v) is 3.16. The molecule has 3 N–H and O–H groups in total. The topological polar surface area (TPSA) is 85.1 Å². The van der Waals surface area contributed by atoms with Gasteiger partial charge in [0.2, 0.25) is 10.0 Å². The molecule has 0 amide bonds. The van der Waals surface area contributed by atoms with Crippen molar-refractivity contribution in [2.45, 2.75) is 24.8 Å². The molecule has 1 heterocycles. The van der Waals surface area contributed by atoms with Crippen molar-refractivity contribution in [3.63, 3.8) is 0 Å². The van der Waals surface area contributed by atoms with Gasteiger partial charge in [-0.15, -0.1) is 0 Å². The Hall–Kier alpha value is -0.500. The number of pyridine rings is 1. The van der Waals surface area contributed by atoms with Crippen LogP contribution in [0, 0.1) is 5.92 Å². The van der Waals surface area contributed by atoms with Gasteiger partial charge < -0.3 is 5.73 Å². The van der Waals surface area contributed by atoms with Crippen molar-refractivity contribution in [1.29, 1.82) is 0 Å². The third-order valence-electron chi connectivity index (χ3n) is 2.36. The molecule has 0 aliphatic carbocycles. The van der Waals surface area contributed by atoms with Gasteiger partial charge in [-0.3, -0.25) is 4.98 Å². The van der Waals surface area contributed by atoms with Gasteiger partial charge in [0.25, 0.3) is 0 Å². The molecule has 0 bridgehead atoms. The van der Waals surface area contributed by atoms with E-state index in [1.54, 1.807) is 0 Å². The van der Waals surface area contributed by atoms with Gasteiger partial charge in [-0.25, -0.2) is 13.1 Å². The molecule has 1 aromatic heterocycles. The van der Waals surface area contributed by atoms with E-state index in [0.717, 1.165) is 0 Å². The van der Waals surface area contributed by atoms with E-state index in [1.807, 2.05) is 13.8 Å². The molecule has 0 aliphatic rings. The first kappa shape index (κ1) is 14.6. The predicted molar refractivity (Wildman–Crippen MR) is 69.9 cm³/mol. The summed E-state index contributed by atoms with van der Waals surface area (Å²) in [6.07, 6.45) is 2.84. The summed E-state index contributed by atoms with van der Waals surface area (Å²) in [6, 6.07) is 1.22. The van der Waals surface area contributed by atoms with Gasteiger partial charge in [0.1, 0.15) is 4.90 Å². The van der Waals surface area contributed by atoms with Gasteiger partial charge in [-0.1, -0.05) is 13.8 Å². The van der Waals surface area contributed by atoms with Crippen molar-refractivity contribution in [1.82, 2.24) is 9.71 Å². The van der Waals surface area contributed by atoms with E-state index in [2.05, 4.69) is 25.6 Å². The fourth-order valence-electron chi connectivity index (χ4n) is 1.26. The van der Waals surface area contributed by atoms with Crippen molar-refractivity contribution in [3.05, 3.63) is 22.9 Å². The summed E-state index contributed by atoms with van der Waals surface area (Å²) in [6.45, 7) is 4.09. The maximum absolute atomic E-state index is 12.0. The number of hydrogen-bond acceptors (Lipinski definition) is 4. The number of aromatic nitrogens is 1. The minimum atomic E-state index is -3.56. The summed E-state index contributed by atoms with van der Waals surface area (Å²) in [5.41, 5.74) is 5.54. The molecule has 1 aromatic rings. The Morgan fingerprint density at radius 3 is 2.59 bits per heavy atom. The molecule has 5 nitrogen and oxygen atoms in total. The largest absolute Gasteiger partial charge is 0.329 e. The van der Waals surface area contributed by atoms with Crippen molar-refractivity contribution in [2.75, 3.05) is 6.54 Å². The molecule has 1 unspecified atom stereocenters. The molecule has 0 fully saturated rings. The van der Waals surface area contributed by atoms with Crippen molar-refractivity contribution >= 4 is 26.0 Å². The second-order valence-electron chi connectivity index (χ2n) is 4.05. The van der Waals surface area contributed by atoms with Gasteiger partial charge in [-0.05, 0) is 27.9 Å². The van der Waals surface area contributed by atoms with Gasteiger partial charge in [0.05, 0.1) is 0 Å². The number of nitrogens with two attached hydrogens (primary N) is 1. The minimum absolute atomic E-state index is 0.131. The first-order valence-corrected chi connectivity index (χ1v) is 7.47. The lowest BCUT2D eigenvalue weighted by Crippen LogP contribution is -2.43. The third kappa shape index (κ3) is 4.02. The Bertz CT molecular complexity index is 476. The van der Waals surface area contributed by atoms with E-state index in [0.29, 0.717) is 4.47 Å². The fraction of sp³-hybridized carbons (Fsp3) is 0.500. The van der Waals surface area contributed by atoms with Crippen LogP contribution in [0.5, 0.6) is 0 Å². The molecule has 96 valence electrons. The highest BCUT2D eigenvalue weighted by Gasteiger charge is 2.21. The second kappa shape index (κ2) is 5.90. The molecule has 17 heavy (non-hydrogen) atoms. The van der Waals surface area contributed by atoms with Crippen LogP contribution in [0.15, 0.2) is 27.8 Å². The Balaban J connectivity index is 2.96. The number of sulfonamides is 1. The van der Waals surface area contributed by atoms with E-state index in [4.69, 9.17) is 5.73 Å². The molecule has 7 heteroatoms. The smallest absolute Gasteiger partial charge is 0.242 e. The van der Waals surface area contributed by atoms with Gasteiger partial charge in [0, 0.05) is 29.5 Å². The molecule has 1 atom stereocenters. The first-order valence-electron chi connectivity index (χ1n) is 5.19. The highest BCUT2D eigenvalue weighted by Crippen LogP contribution is 2.15. The zero-order valence-corrected chi connectivity index (χ0v) is 12.1. The number of nitrogens with zero attached hydrogens (tertiary/aromatic N) is 1. The van der Waals surface area contributed by atoms with Crippen LogP contribution in [0.4, 0.5) is 0 Å². The van der Waals surface area contributed by atoms with Gasteiger partial charge in [-0.2, -0.15) is 0 Å². The Morgan fingerprint density at radius 1 is 1.47 bits per heavy atom. The highest BCUT2D eigenvalue weighted by atomic mass is 79.9. The maximum Gasteiger partial charge on any atom is 0.242 e. The lowest BCUT2D eigenvalue weighted by atomic mass is 10.1. The van der Waals surface area contributed by atoms with Crippen LogP contribution in [0.3, 0.4) is 0 Å². The number of halogens is 1. The van der Waals surface area contributed by atoms with Crippen molar-refractivity contribution < 1.29 is 8.42 Å². The molecule has 1 rings (SSSR count). The summed E-state index contributed by atoms with van der Waals surface area (Å²) in [5, 5.41) is 0. The average molecular weight is 322 g/mol. The summed E-state index contributed by atoms with van der Waals surface area (Å²) >= 11 is 3.19. The molecule has 0 saturated carbocycles. The Morgan fingerprint density at radius 2 is 2.12 bits per heavy atom. The van der Waals surface area contributed by atoms with E-state index in [9.17, 15) is 8.42 Å². The lowest BCUT2D eigenvalue weighted by molar-refractivity contribution is 0.454. The Labute approximate surface area is 110 Å². The van der Waals surface area contributed by atoms with Crippen LogP contribution in [0.2, 0.25) is 0 Å². The maximum atomic E-state index is 12.0. The van der Waals surface area contributed by atoms with Crippen LogP contribution in [0.1, 0.15) is 13.8 Å². The predicted octanol–water partition coefficient (Wildman–Crippen LogP) is 1.11. The average Bonchev–Trinajstić information content (AvgIpc) is 2.25. The summed E-state index contributed by atoms with van der Waals surface area (Å²) in [4.78, 5) is 3.96. The van der Waals surface area contributed by atoms with E-state index in [1.165, 1.54) is 18.5 Å². The molecular formula is C10H16BrN3O2S. The number of nitrogens with one attached hydrogen (secondary N) is 1. The molecular weight excluding hydrogens is 306 g/mol. The van der Waals surface area contributed by atoms with E-state index < -0.39 is 10.0 Å². The summed E-state index contributed by atoms with van der Waals surface area (Å²) in [7, 11) is -3.56. The molecule has 0 aromatic carbocycles. The summed E-state index contributed by atoms with van der Waals surface area (Å²) in [5.74, 6) is 0.134. The second-order valence-corrected chi connectivity index (χ2v) is 6.68. The van der Waals surface area contributed by atoms with Crippen molar-refractivity contribution in [3.8, 4) is 0 Å². The lowest BCUT2D eigenvalue weighted by Gasteiger charge is -2.20. The molecule has 0 saturated heterocycles. The monoisotopic (exact) mass is 321 g/mol. The highest BCUT2D eigenvalue weighted by molar-refractivity contribution is 9.10. The van der Waals surface area contributed by atoms with Gasteiger partial charge >= 0.3 is 0 Å². The summed E-state index contributed by atoms with van der Waals surface area (Å²) < 4.78 is 27.3.